The number of fused-ring (bicyclic) bond motifs is 1. The van der Waals surface area contributed by atoms with Gasteiger partial charge in [0.05, 0.1) is 23.3 Å². The summed E-state index contributed by atoms with van der Waals surface area (Å²) < 4.78 is 30.0. The molecule has 1 aromatic carbocycles. The first kappa shape index (κ1) is 21.8. The van der Waals surface area contributed by atoms with E-state index in [4.69, 9.17) is 0 Å². The Morgan fingerprint density at radius 2 is 1.94 bits per heavy atom. The number of aromatic nitrogens is 2. The predicted molar refractivity (Wildman–Crippen MR) is 121 cm³/mol. The van der Waals surface area contributed by atoms with E-state index < -0.39 is 11.6 Å². The maximum Gasteiger partial charge on any atom is 0.255 e. The van der Waals surface area contributed by atoms with Gasteiger partial charge in [0.2, 0.25) is 0 Å². The monoisotopic (exact) mass is 454 g/mol. The van der Waals surface area contributed by atoms with Crippen LogP contribution in [0.25, 0.3) is 5.52 Å². The molecule has 6 nitrogen and oxygen atoms in total. The molecule has 1 saturated heterocycles. The van der Waals surface area contributed by atoms with Gasteiger partial charge in [0, 0.05) is 36.6 Å². The van der Waals surface area contributed by atoms with Gasteiger partial charge < -0.3 is 15.3 Å². The molecule has 1 aliphatic heterocycles. The maximum atomic E-state index is 14.5. The minimum absolute atomic E-state index is 0.0948. The summed E-state index contributed by atoms with van der Waals surface area (Å²) in [7, 11) is 0. The zero-order valence-corrected chi connectivity index (χ0v) is 18.4. The van der Waals surface area contributed by atoms with E-state index in [-0.39, 0.29) is 24.6 Å². The summed E-state index contributed by atoms with van der Waals surface area (Å²) in [6.07, 6.45) is 8.50. The summed E-state index contributed by atoms with van der Waals surface area (Å²) in [6, 6.07) is 7.23. The van der Waals surface area contributed by atoms with Crippen LogP contribution in [0.1, 0.15) is 60.5 Å². The van der Waals surface area contributed by atoms with E-state index in [1.54, 1.807) is 16.9 Å². The van der Waals surface area contributed by atoms with Gasteiger partial charge in [-0.15, -0.1) is 0 Å². The molecule has 33 heavy (non-hydrogen) atoms. The number of carbonyl (C=O) groups is 1. The predicted octanol–water partition coefficient (Wildman–Crippen LogP) is 4.23. The first-order chi connectivity index (χ1) is 16.0. The molecular weight excluding hydrogens is 426 g/mol. The number of hydrogen-bond donors (Lipinski definition) is 2. The SMILES string of the molecule is O=C(N[C@H]1CC[C@H](CO)CC1)c1cnn2ccc(N3CCC[C@@H]3c3cc(F)ccc3F)cc12. The largest absolute Gasteiger partial charge is 0.396 e. The third-order valence-electron chi connectivity index (χ3n) is 7.09. The third-order valence-corrected chi connectivity index (χ3v) is 7.09. The summed E-state index contributed by atoms with van der Waals surface area (Å²) >= 11 is 0. The van der Waals surface area contributed by atoms with Crippen molar-refractivity contribution in [3.05, 3.63) is 65.5 Å². The number of carbonyl (C=O) groups excluding carboxylic acids is 1. The summed E-state index contributed by atoms with van der Waals surface area (Å²) in [6.45, 7) is 0.926. The van der Waals surface area contributed by atoms with Crippen molar-refractivity contribution in [2.24, 2.45) is 5.92 Å². The van der Waals surface area contributed by atoms with Crippen LogP contribution < -0.4 is 10.2 Å². The topological polar surface area (TPSA) is 69.9 Å². The molecule has 0 radical (unpaired) electrons. The van der Waals surface area contributed by atoms with Crippen molar-refractivity contribution in [2.75, 3.05) is 18.1 Å². The van der Waals surface area contributed by atoms with E-state index in [1.807, 2.05) is 12.1 Å². The lowest BCUT2D eigenvalue weighted by Gasteiger charge is -2.28. The zero-order chi connectivity index (χ0) is 22.9. The number of nitrogens with one attached hydrogen (secondary N) is 1. The Balaban J connectivity index is 1.39. The van der Waals surface area contributed by atoms with Gasteiger partial charge in [0.25, 0.3) is 5.91 Å². The van der Waals surface area contributed by atoms with Crippen molar-refractivity contribution in [1.82, 2.24) is 14.9 Å². The van der Waals surface area contributed by atoms with Crippen LogP contribution >= 0.6 is 0 Å². The van der Waals surface area contributed by atoms with Crippen molar-refractivity contribution in [3.63, 3.8) is 0 Å². The molecule has 0 unspecified atom stereocenters. The molecule has 174 valence electrons. The molecule has 2 aliphatic rings. The Hall–Kier alpha value is -3.00. The molecule has 2 aromatic heterocycles. The van der Waals surface area contributed by atoms with E-state index in [1.165, 1.54) is 12.1 Å². The van der Waals surface area contributed by atoms with Gasteiger partial charge in [-0.05, 0) is 74.8 Å². The molecule has 1 aliphatic carbocycles. The lowest BCUT2D eigenvalue weighted by atomic mass is 9.86. The van der Waals surface area contributed by atoms with E-state index in [0.717, 1.165) is 56.8 Å². The highest BCUT2D eigenvalue weighted by atomic mass is 19.1. The molecule has 3 heterocycles. The van der Waals surface area contributed by atoms with Crippen molar-refractivity contribution in [2.45, 2.75) is 50.6 Å². The van der Waals surface area contributed by atoms with Gasteiger partial charge in [-0.25, -0.2) is 13.3 Å². The number of benzene rings is 1. The minimum Gasteiger partial charge on any atom is -0.396 e. The first-order valence-corrected chi connectivity index (χ1v) is 11.6. The number of hydrogen-bond acceptors (Lipinski definition) is 4. The molecule has 2 fully saturated rings. The Morgan fingerprint density at radius 3 is 2.73 bits per heavy atom. The lowest BCUT2D eigenvalue weighted by molar-refractivity contribution is 0.0915. The highest BCUT2D eigenvalue weighted by Gasteiger charge is 2.30. The van der Waals surface area contributed by atoms with Crippen molar-refractivity contribution >= 4 is 17.1 Å². The first-order valence-electron chi connectivity index (χ1n) is 11.6. The fourth-order valence-electron chi connectivity index (χ4n) is 5.24. The second-order valence-corrected chi connectivity index (χ2v) is 9.16. The second kappa shape index (κ2) is 9.09. The number of anilines is 1. The fraction of sp³-hybridized carbons (Fsp3) is 0.440. The second-order valence-electron chi connectivity index (χ2n) is 9.16. The normalized spacial score (nSPS) is 23.2. The number of halogens is 2. The summed E-state index contributed by atoms with van der Waals surface area (Å²) in [4.78, 5) is 15.1. The lowest BCUT2D eigenvalue weighted by Crippen LogP contribution is -2.38. The molecule has 8 heteroatoms. The molecule has 0 spiro atoms. The summed E-state index contributed by atoms with van der Waals surface area (Å²) in [5.41, 5.74) is 2.39. The highest BCUT2D eigenvalue weighted by molar-refractivity contribution is 6.01. The number of aliphatic hydroxyl groups excluding tert-OH is 1. The van der Waals surface area contributed by atoms with Gasteiger partial charge in [0.1, 0.15) is 11.6 Å². The van der Waals surface area contributed by atoms with Crippen LogP contribution in [0.2, 0.25) is 0 Å². The van der Waals surface area contributed by atoms with Crippen molar-refractivity contribution in [3.8, 4) is 0 Å². The van der Waals surface area contributed by atoms with Gasteiger partial charge >= 0.3 is 0 Å². The number of nitrogens with zero attached hydrogens (tertiary/aromatic N) is 3. The molecule has 5 rings (SSSR count). The molecule has 1 saturated carbocycles. The maximum absolute atomic E-state index is 14.5. The number of aliphatic hydroxyl groups is 1. The molecule has 0 bridgehead atoms. The van der Waals surface area contributed by atoms with Gasteiger partial charge in [-0.2, -0.15) is 5.10 Å². The van der Waals surface area contributed by atoms with Crippen LogP contribution in [-0.4, -0.2) is 39.8 Å². The standard InChI is InChI=1S/C25H28F2N4O2/c26-17-5-8-22(27)20(12-17)23-2-1-10-30(23)19-9-11-31-24(13-19)21(14-28-31)25(33)29-18-6-3-16(15-32)4-7-18/h5,8-9,11-14,16,18,23,32H,1-4,6-7,10,15H2,(H,29,33)/t16-,18-,23-/m1/s1. The van der Waals surface area contributed by atoms with Gasteiger partial charge in [-0.3, -0.25) is 4.79 Å². The van der Waals surface area contributed by atoms with Crippen LogP contribution in [0.15, 0.2) is 42.7 Å². The van der Waals surface area contributed by atoms with E-state index in [2.05, 4.69) is 15.3 Å². The van der Waals surface area contributed by atoms with Crippen LogP contribution in [-0.2, 0) is 0 Å². The molecule has 2 N–H and O–H groups in total. The highest BCUT2D eigenvalue weighted by Crippen LogP contribution is 2.38. The molecule has 1 amide bonds. The minimum atomic E-state index is -0.448. The zero-order valence-electron chi connectivity index (χ0n) is 18.4. The summed E-state index contributed by atoms with van der Waals surface area (Å²) in [5.74, 6) is -0.691. The van der Waals surface area contributed by atoms with E-state index >= 15 is 0 Å². The molecule has 3 aromatic rings. The van der Waals surface area contributed by atoms with Gasteiger partial charge in [-0.1, -0.05) is 0 Å². The Bertz CT molecular complexity index is 1160. The van der Waals surface area contributed by atoms with Crippen molar-refractivity contribution < 1.29 is 18.7 Å². The van der Waals surface area contributed by atoms with Crippen LogP contribution in [0, 0.1) is 17.6 Å². The smallest absolute Gasteiger partial charge is 0.255 e. The number of amides is 1. The van der Waals surface area contributed by atoms with Crippen LogP contribution in [0.3, 0.4) is 0 Å². The average Bonchev–Trinajstić information content (AvgIpc) is 3.48. The van der Waals surface area contributed by atoms with E-state index in [9.17, 15) is 18.7 Å². The third kappa shape index (κ3) is 4.31. The Labute approximate surface area is 191 Å². The van der Waals surface area contributed by atoms with Gasteiger partial charge in [0.15, 0.2) is 0 Å². The molecular formula is C25H28F2N4O2. The summed E-state index contributed by atoms with van der Waals surface area (Å²) in [5, 5.41) is 16.8. The fourth-order valence-corrected chi connectivity index (χ4v) is 5.24. The molecule has 1 atom stereocenters. The van der Waals surface area contributed by atoms with Crippen LogP contribution in [0.5, 0.6) is 0 Å². The van der Waals surface area contributed by atoms with E-state index in [0.29, 0.717) is 22.6 Å². The number of rotatable bonds is 5. The Kier molecular flexibility index (Phi) is 6.01. The van der Waals surface area contributed by atoms with Crippen molar-refractivity contribution in [1.29, 1.82) is 0 Å². The number of pyridine rings is 1. The Morgan fingerprint density at radius 1 is 1.12 bits per heavy atom. The quantitative estimate of drug-likeness (QED) is 0.605. The van der Waals surface area contributed by atoms with Crippen LogP contribution in [0.4, 0.5) is 14.5 Å². The average molecular weight is 455 g/mol.